The Bertz CT molecular complexity index is 1380. The lowest BCUT2D eigenvalue weighted by Crippen LogP contribution is -2.45. The molecule has 1 aromatic carbocycles. The highest BCUT2D eigenvalue weighted by atomic mass is 16.3. The van der Waals surface area contributed by atoms with Crippen LogP contribution in [0.5, 0.6) is 0 Å². The number of hydrogen-bond donors (Lipinski definition) is 3. The minimum absolute atomic E-state index is 0.00333. The third-order valence-corrected chi connectivity index (χ3v) is 7.95. The van der Waals surface area contributed by atoms with Crippen molar-refractivity contribution >= 4 is 40.4 Å². The maximum atomic E-state index is 13.4. The molecule has 5 rings (SSSR count). The second-order valence-electron chi connectivity index (χ2n) is 11.2. The Labute approximate surface area is 240 Å². The van der Waals surface area contributed by atoms with Gasteiger partial charge in [-0.2, -0.15) is 9.97 Å². The quantitative estimate of drug-likeness (QED) is 0.335. The first kappa shape index (κ1) is 28.5. The van der Waals surface area contributed by atoms with Crippen molar-refractivity contribution in [1.29, 1.82) is 0 Å². The highest BCUT2D eigenvalue weighted by Crippen LogP contribution is 2.30. The van der Waals surface area contributed by atoms with Gasteiger partial charge in [0.05, 0.1) is 6.33 Å². The molecule has 0 spiro atoms. The van der Waals surface area contributed by atoms with E-state index in [1.807, 2.05) is 11.2 Å². The summed E-state index contributed by atoms with van der Waals surface area (Å²) in [6.07, 6.45) is 8.69. The monoisotopic (exact) mass is 560 g/mol. The molecule has 2 saturated heterocycles. The fourth-order valence-electron chi connectivity index (χ4n) is 5.77. The maximum absolute atomic E-state index is 13.4. The van der Waals surface area contributed by atoms with E-state index in [1.165, 1.54) is 6.08 Å². The highest BCUT2D eigenvalue weighted by Gasteiger charge is 2.29. The topological polar surface area (TPSA) is 129 Å². The smallest absolute Gasteiger partial charge is 0.253 e. The molecule has 0 aliphatic carbocycles. The molecule has 11 heteroatoms. The van der Waals surface area contributed by atoms with Crippen LogP contribution < -0.4 is 15.5 Å². The fourth-order valence-corrected chi connectivity index (χ4v) is 5.77. The number of imidazole rings is 1. The van der Waals surface area contributed by atoms with E-state index in [0.29, 0.717) is 42.5 Å². The molecular formula is C30H40N8O3. The number of nitrogens with one attached hydrogen (secondary N) is 2. The number of fused-ring (bicyclic) bond motifs is 1. The molecule has 2 aliphatic rings. The van der Waals surface area contributed by atoms with Crippen molar-refractivity contribution in [2.45, 2.75) is 70.5 Å². The highest BCUT2D eigenvalue weighted by molar-refractivity contribution is 5.99. The van der Waals surface area contributed by atoms with Crippen molar-refractivity contribution in [3.63, 3.8) is 0 Å². The summed E-state index contributed by atoms with van der Waals surface area (Å²) < 4.78 is 2.06. The van der Waals surface area contributed by atoms with Crippen molar-refractivity contribution in [2.24, 2.45) is 0 Å². The van der Waals surface area contributed by atoms with Gasteiger partial charge < -0.3 is 30.1 Å². The number of piperidine rings is 2. The standard InChI is InChI=1S/C30H40N8O3/c1-4-25(40)32-22-12-10-21(11-13-22)29(41)36-15-7-8-23(18-36)33-27-26-28(38(19-31-26)20(2)3)35-30(34-27)37-16-6-5-9-24(37)14-17-39/h4,10-13,19-20,23-24,39H,1,5-9,14-18H2,2-3H3,(H,32,40)(H,33,34,35). The molecule has 218 valence electrons. The third kappa shape index (κ3) is 6.35. The van der Waals surface area contributed by atoms with E-state index >= 15 is 0 Å². The lowest BCUT2D eigenvalue weighted by molar-refractivity contribution is -0.111. The van der Waals surface area contributed by atoms with Crippen LogP contribution >= 0.6 is 0 Å². The number of carbonyl (C=O) groups excluding carboxylic acids is 2. The second-order valence-corrected chi connectivity index (χ2v) is 11.2. The zero-order valence-corrected chi connectivity index (χ0v) is 23.9. The summed E-state index contributed by atoms with van der Waals surface area (Å²) in [4.78, 5) is 43.7. The number of nitrogens with zero attached hydrogens (tertiary/aromatic N) is 6. The number of benzene rings is 1. The number of aromatic nitrogens is 4. The first-order valence-corrected chi connectivity index (χ1v) is 14.6. The second kappa shape index (κ2) is 12.7. The van der Waals surface area contributed by atoms with Crippen LogP contribution in [0.2, 0.25) is 0 Å². The van der Waals surface area contributed by atoms with E-state index in [1.54, 1.807) is 24.3 Å². The summed E-state index contributed by atoms with van der Waals surface area (Å²) in [6.45, 7) is 9.88. The summed E-state index contributed by atoms with van der Waals surface area (Å²) in [7, 11) is 0. The van der Waals surface area contributed by atoms with Gasteiger partial charge >= 0.3 is 0 Å². The fraction of sp³-hybridized carbons (Fsp3) is 0.500. The Morgan fingerprint density at radius 1 is 1.12 bits per heavy atom. The molecule has 2 amide bonds. The first-order chi connectivity index (χ1) is 19.9. The normalized spacial score (nSPS) is 19.4. The average Bonchev–Trinajstić information content (AvgIpc) is 3.43. The largest absolute Gasteiger partial charge is 0.396 e. The molecule has 41 heavy (non-hydrogen) atoms. The Balaban J connectivity index is 1.37. The number of amides is 2. The van der Waals surface area contributed by atoms with Crippen molar-refractivity contribution in [3.8, 4) is 0 Å². The van der Waals surface area contributed by atoms with Gasteiger partial charge in [-0.15, -0.1) is 0 Å². The third-order valence-electron chi connectivity index (χ3n) is 7.95. The van der Waals surface area contributed by atoms with Gasteiger partial charge in [0.15, 0.2) is 17.0 Å². The van der Waals surface area contributed by atoms with E-state index in [-0.39, 0.29) is 36.5 Å². The summed E-state index contributed by atoms with van der Waals surface area (Å²) in [6, 6.07) is 7.31. The summed E-state index contributed by atoms with van der Waals surface area (Å²) >= 11 is 0. The molecule has 2 atom stereocenters. The molecule has 0 radical (unpaired) electrons. The van der Waals surface area contributed by atoms with Gasteiger partial charge in [0.1, 0.15) is 0 Å². The summed E-state index contributed by atoms with van der Waals surface area (Å²) in [5, 5.41) is 16.0. The Morgan fingerprint density at radius 3 is 2.66 bits per heavy atom. The zero-order chi connectivity index (χ0) is 28.9. The molecule has 2 unspecified atom stereocenters. The summed E-state index contributed by atoms with van der Waals surface area (Å²) in [5.74, 6) is 1.00. The Hall–Kier alpha value is -3.99. The number of hydrogen-bond acceptors (Lipinski definition) is 8. The average molecular weight is 561 g/mol. The molecule has 4 heterocycles. The lowest BCUT2D eigenvalue weighted by atomic mass is 10.0. The van der Waals surface area contributed by atoms with Gasteiger partial charge in [0.25, 0.3) is 5.91 Å². The molecule has 0 bridgehead atoms. The molecule has 2 fully saturated rings. The Kier molecular flexibility index (Phi) is 8.82. The van der Waals surface area contributed by atoms with Gasteiger partial charge in [-0.05, 0) is 82.7 Å². The number of rotatable bonds is 9. The van der Waals surface area contributed by atoms with Gasteiger partial charge in [-0.1, -0.05) is 6.58 Å². The van der Waals surface area contributed by atoms with E-state index in [4.69, 9.17) is 9.97 Å². The van der Waals surface area contributed by atoms with E-state index in [2.05, 4.69) is 45.5 Å². The predicted octanol–water partition coefficient (Wildman–Crippen LogP) is 3.99. The SMILES string of the molecule is C=CC(=O)Nc1ccc(C(=O)N2CCCC(Nc3nc(N4CCCCC4CCO)nc4c3ncn4C(C)C)C2)cc1. The van der Waals surface area contributed by atoms with Crippen molar-refractivity contribution in [1.82, 2.24) is 24.4 Å². The van der Waals surface area contributed by atoms with Crippen LogP contribution in [0.15, 0.2) is 43.2 Å². The Morgan fingerprint density at radius 2 is 1.93 bits per heavy atom. The molecular weight excluding hydrogens is 520 g/mol. The van der Waals surface area contributed by atoms with Gasteiger partial charge in [0, 0.05) is 55.6 Å². The van der Waals surface area contributed by atoms with E-state index in [0.717, 1.165) is 49.8 Å². The molecule has 2 aromatic heterocycles. The number of likely N-dealkylation sites (tertiary alicyclic amines) is 1. The van der Waals surface area contributed by atoms with Crippen LogP contribution in [0.4, 0.5) is 17.5 Å². The van der Waals surface area contributed by atoms with Crippen LogP contribution in [-0.2, 0) is 4.79 Å². The number of aliphatic hydroxyl groups excluding tert-OH is 1. The van der Waals surface area contributed by atoms with Crippen LogP contribution in [0.3, 0.4) is 0 Å². The molecule has 0 saturated carbocycles. The predicted molar refractivity (Wildman–Crippen MR) is 160 cm³/mol. The van der Waals surface area contributed by atoms with Crippen LogP contribution in [0, 0.1) is 0 Å². The first-order valence-electron chi connectivity index (χ1n) is 14.6. The van der Waals surface area contributed by atoms with E-state index in [9.17, 15) is 14.7 Å². The van der Waals surface area contributed by atoms with Crippen molar-refractivity contribution in [2.75, 3.05) is 41.8 Å². The maximum Gasteiger partial charge on any atom is 0.253 e. The molecule has 3 aromatic rings. The zero-order valence-electron chi connectivity index (χ0n) is 23.9. The minimum atomic E-state index is -0.293. The van der Waals surface area contributed by atoms with Crippen molar-refractivity contribution in [3.05, 3.63) is 48.8 Å². The van der Waals surface area contributed by atoms with Gasteiger partial charge in [-0.25, -0.2) is 4.98 Å². The van der Waals surface area contributed by atoms with Gasteiger partial charge in [0.2, 0.25) is 11.9 Å². The van der Waals surface area contributed by atoms with Crippen LogP contribution in [0.25, 0.3) is 11.2 Å². The van der Waals surface area contributed by atoms with Gasteiger partial charge in [-0.3, -0.25) is 9.59 Å². The molecule has 2 aliphatic heterocycles. The van der Waals surface area contributed by atoms with Crippen LogP contribution in [0.1, 0.15) is 68.8 Å². The minimum Gasteiger partial charge on any atom is -0.396 e. The molecule has 3 N–H and O–H groups in total. The molecule has 11 nitrogen and oxygen atoms in total. The number of aliphatic hydroxyl groups is 1. The van der Waals surface area contributed by atoms with Crippen molar-refractivity contribution < 1.29 is 14.7 Å². The summed E-state index contributed by atoms with van der Waals surface area (Å²) in [5.41, 5.74) is 2.70. The number of anilines is 3. The van der Waals surface area contributed by atoms with E-state index < -0.39 is 0 Å². The van der Waals surface area contributed by atoms with Crippen LogP contribution in [-0.4, -0.2) is 79.7 Å². The number of carbonyl (C=O) groups is 2. The lowest BCUT2D eigenvalue weighted by Gasteiger charge is -2.36.